The number of alkyl halides is 4. The molecule has 0 saturated carbocycles. The molecule has 1 N–H and O–H groups in total. The van der Waals surface area contributed by atoms with Crippen molar-refractivity contribution in [2.45, 2.75) is 31.6 Å². The summed E-state index contributed by atoms with van der Waals surface area (Å²) in [5, 5.41) is 8.84. The summed E-state index contributed by atoms with van der Waals surface area (Å²) in [4.78, 5) is 12.6. The van der Waals surface area contributed by atoms with E-state index in [9.17, 15) is 22.4 Å². The quantitative estimate of drug-likeness (QED) is 0.757. The topological polar surface area (TPSA) is 49.8 Å². The van der Waals surface area contributed by atoms with Crippen molar-refractivity contribution >= 4 is 12.0 Å². The second-order valence-corrected chi connectivity index (χ2v) is 7.31. The largest absolute Gasteiger partial charge is 0.493 e. The van der Waals surface area contributed by atoms with Crippen molar-refractivity contribution in [3.8, 4) is 5.75 Å². The molecule has 2 aliphatic rings. The molecular formula is C19H21F4NO3. The summed E-state index contributed by atoms with van der Waals surface area (Å²) in [6, 6.07) is 5.20. The maximum atomic E-state index is 13.8. The van der Waals surface area contributed by atoms with E-state index >= 15 is 0 Å². The molecule has 0 bridgehead atoms. The van der Waals surface area contributed by atoms with Crippen LogP contribution in [0.2, 0.25) is 0 Å². The number of ether oxygens (including phenoxy) is 1. The summed E-state index contributed by atoms with van der Waals surface area (Å²) in [7, 11) is 0. The lowest BCUT2D eigenvalue weighted by Gasteiger charge is -2.42. The fraction of sp³-hybridized carbons (Fsp3) is 0.526. The van der Waals surface area contributed by atoms with Crippen molar-refractivity contribution in [1.82, 2.24) is 4.90 Å². The summed E-state index contributed by atoms with van der Waals surface area (Å²) >= 11 is 0. The van der Waals surface area contributed by atoms with Gasteiger partial charge in [-0.2, -0.15) is 13.2 Å². The summed E-state index contributed by atoms with van der Waals surface area (Å²) in [6.45, 7) is 1.87. The highest BCUT2D eigenvalue weighted by Crippen LogP contribution is 2.34. The summed E-state index contributed by atoms with van der Waals surface area (Å²) in [5.41, 5.74) is 0.876. The van der Waals surface area contributed by atoms with E-state index in [2.05, 4.69) is 0 Å². The molecule has 1 saturated heterocycles. The Morgan fingerprint density at radius 3 is 2.70 bits per heavy atom. The van der Waals surface area contributed by atoms with Gasteiger partial charge in [0.25, 0.3) is 0 Å². The highest BCUT2D eigenvalue weighted by Gasteiger charge is 2.50. The van der Waals surface area contributed by atoms with E-state index in [4.69, 9.17) is 9.84 Å². The first-order valence-corrected chi connectivity index (χ1v) is 8.73. The van der Waals surface area contributed by atoms with Crippen LogP contribution in [0.3, 0.4) is 0 Å². The van der Waals surface area contributed by atoms with Gasteiger partial charge >= 0.3 is 12.1 Å². The molecule has 4 nitrogen and oxygen atoms in total. The van der Waals surface area contributed by atoms with E-state index in [-0.39, 0.29) is 19.0 Å². The third-order valence-electron chi connectivity index (χ3n) is 5.01. The zero-order valence-corrected chi connectivity index (χ0v) is 14.9. The molecule has 1 fully saturated rings. The van der Waals surface area contributed by atoms with Gasteiger partial charge in [0.05, 0.1) is 13.0 Å². The second kappa shape index (κ2) is 7.14. The van der Waals surface area contributed by atoms with Crippen LogP contribution in [-0.4, -0.2) is 54.1 Å². The van der Waals surface area contributed by atoms with Crippen LogP contribution in [-0.2, 0) is 11.2 Å². The molecule has 3 rings (SSSR count). The van der Waals surface area contributed by atoms with E-state index in [1.54, 1.807) is 23.1 Å². The first kappa shape index (κ1) is 19.7. The third-order valence-corrected chi connectivity index (χ3v) is 5.01. The second-order valence-electron chi connectivity index (χ2n) is 7.31. The number of carboxylic acid groups (broad SMARTS) is 1. The van der Waals surface area contributed by atoms with Crippen LogP contribution in [0.4, 0.5) is 17.6 Å². The predicted molar refractivity (Wildman–Crippen MR) is 91.4 cm³/mol. The average molecular weight is 387 g/mol. The van der Waals surface area contributed by atoms with Gasteiger partial charge in [-0.15, -0.1) is 0 Å². The Morgan fingerprint density at radius 2 is 2.07 bits per heavy atom. The van der Waals surface area contributed by atoms with Crippen LogP contribution in [0.25, 0.3) is 6.08 Å². The summed E-state index contributed by atoms with van der Waals surface area (Å²) < 4.78 is 55.7. The number of likely N-dealkylation sites (tertiary alicyclic amines) is 1. The van der Waals surface area contributed by atoms with E-state index in [1.807, 2.05) is 13.0 Å². The van der Waals surface area contributed by atoms with Crippen LogP contribution in [0.1, 0.15) is 24.5 Å². The van der Waals surface area contributed by atoms with Crippen LogP contribution >= 0.6 is 0 Å². The number of hydrogen-bond acceptors (Lipinski definition) is 3. The molecule has 0 amide bonds. The monoisotopic (exact) mass is 387 g/mol. The number of rotatable bonds is 6. The molecule has 1 heterocycles. The number of benzene rings is 1. The molecule has 0 aromatic heterocycles. The SMILES string of the molecule is C[C@H]1Cc2cc(OCCC(F)(F)F)ccc2C=C1CN1CC(F)(C(=O)O)C1. The van der Waals surface area contributed by atoms with Gasteiger partial charge in [-0.25, -0.2) is 9.18 Å². The fourth-order valence-electron chi connectivity index (χ4n) is 3.45. The van der Waals surface area contributed by atoms with Gasteiger partial charge in [0, 0.05) is 19.6 Å². The zero-order valence-electron chi connectivity index (χ0n) is 14.9. The van der Waals surface area contributed by atoms with Crippen molar-refractivity contribution in [2.24, 2.45) is 5.92 Å². The number of halogens is 4. The van der Waals surface area contributed by atoms with Crippen LogP contribution < -0.4 is 4.74 Å². The van der Waals surface area contributed by atoms with Crippen molar-refractivity contribution in [1.29, 1.82) is 0 Å². The van der Waals surface area contributed by atoms with Gasteiger partial charge in [0.1, 0.15) is 5.75 Å². The van der Waals surface area contributed by atoms with Crippen LogP contribution in [0.15, 0.2) is 23.8 Å². The molecule has 0 radical (unpaired) electrons. The van der Waals surface area contributed by atoms with E-state index in [1.165, 1.54) is 0 Å². The minimum atomic E-state index is -4.24. The summed E-state index contributed by atoms with van der Waals surface area (Å²) in [6.07, 6.45) is -2.55. The minimum absolute atomic E-state index is 0.120. The average Bonchev–Trinajstić information content (AvgIpc) is 2.52. The molecule has 1 aliphatic heterocycles. The first-order chi connectivity index (χ1) is 12.6. The predicted octanol–water partition coefficient (Wildman–Crippen LogP) is 3.70. The first-order valence-electron chi connectivity index (χ1n) is 8.73. The lowest BCUT2D eigenvalue weighted by atomic mass is 9.83. The number of hydrogen-bond donors (Lipinski definition) is 1. The Kier molecular flexibility index (Phi) is 5.20. The molecule has 148 valence electrons. The van der Waals surface area contributed by atoms with E-state index in [0.717, 1.165) is 16.7 Å². The van der Waals surface area contributed by atoms with E-state index in [0.29, 0.717) is 18.7 Å². The lowest BCUT2D eigenvalue weighted by molar-refractivity contribution is -0.163. The maximum absolute atomic E-state index is 13.8. The molecule has 0 unspecified atom stereocenters. The number of fused-ring (bicyclic) bond motifs is 1. The Hall–Kier alpha value is -2.09. The Labute approximate surface area is 154 Å². The molecular weight excluding hydrogens is 366 g/mol. The van der Waals surface area contributed by atoms with Crippen LogP contribution in [0, 0.1) is 5.92 Å². The highest BCUT2D eigenvalue weighted by atomic mass is 19.4. The third kappa shape index (κ3) is 4.61. The molecule has 1 aromatic carbocycles. The molecule has 1 aromatic rings. The molecule has 1 aliphatic carbocycles. The minimum Gasteiger partial charge on any atom is -0.493 e. The van der Waals surface area contributed by atoms with Gasteiger partial charge < -0.3 is 9.84 Å². The zero-order chi connectivity index (χ0) is 19.8. The van der Waals surface area contributed by atoms with Gasteiger partial charge in [-0.1, -0.05) is 24.6 Å². The van der Waals surface area contributed by atoms with Crippen molar-refractivity contribution in [3.63, 3.8) is 0 Å². The fourth-order valence-corrected chi connectivity index (χ4v) is 3.45. The van der Waals surface area contributed by atoms with Gasteiger partial charge in [0.2, 0.25) is 5.67 Å². The lowest BCUT2D eigenvalue weighted by Crippen LogP contribution is -2.63. The Morgan fingerprint density at radius 1 is 1.37 bits per heavy atom. The number of nitrogens with zero attached hydrogens (tertiary/aromatic N) is 1. The van der Waals surface area contributed by atoms with Crippen molar-refractivity contribution in [2.75, 3.05) is 26.2 Å². The standard InChI is InChI=1S/C19H21F4NO3/c1-12-6-14-8-16(27-5-4-19(21,22)23)3-2-13(14)7-15(12)9-24-10-18(20,11-24)17(25)26/h2-3,7-8,12H,4-6,9-11H2,1H3,(H,25,26)/t12-/m0/s1. The van der Waals surface area contributed by atoms with Gasteiger partial charge in [-0.3, -0.25) is 4.90 Å². The molecule has 1 atom stereocenters. The molecule has 0 spiro atoms. The number of aliphatic carboxylic acids is 1. The van der Waals surface area contributed by atoms with Crippen molar-refractivity contribution in [3.05, 3.63) is 34.9 Å². The Bertz CT molecular complexity index is 754. The summed E-state index contributed by atoms with van der Waals surface area (Å²) in [5.74, 6) is -0.844. The molecule has 27 heavy (non-hydrogen) atoms. The smallest absolute Gasteiger partial charge is 0.392 e. The van der Waals surface area contributed by atoms with Gasteiger partial charge in [-0.05, 0) is 35.6 Å². The van der Waals surface area contributed by atoms with E-state index < -0.39 is 30.8 Å². The number of carboxylic acids is 1. The van der Waals surface area contributed by atoms with Crippen molar-refractivity contribution < 1.29 is 32.2 Å². The molecule has 8 heteroatoms. The van der Waals surface area contributed by atoms with Gasteiger partial charge in [0.15, 0.2) is 0 Å². The Balaban J connectivity index is 1.62. The number of carbonyl (C=O) groups is 1. The normalized spacial score (nSPS) is 21.8. The highest BCUT2D eigenvalue weighted by molar-refractivity contribution is 5.79. The van der Waals surface area contributed by atoms with Crippen LogP contribution in [0.5, 0.6) is 5.75 Å². The maximum Gasteiger partial charge on any atom is 0.392 e.